The summed E-state index contributed by atoms with van der Waals surface area (Å²) in [4.78, 5) is 50.9. The quantitative estimate of drug-likeness (QED) is 0.472. The molecular weight excluding hydrogens is 464 g/mol. The van der Waals surface area contributed by atoms with Crippen molar-refractivity contribution >= 4 is 35.1 Å². The summed E-state index contributed by atoms with van der Waals surface area (Å²) in [5.74, 6) is -1.75. The molecule has 4 rings (SSSR count). The smallest absolute Gasteiger partial charge is 0.323 e. The van der Waals surface area contributed by atoms with Crippen molar-refractivity contribution in [3.05, 3.63) is 74.8 Å². The van der Waals surface area contributed by atoms with Gasteiger partial charge in [0, 0.05) is 38.1 Å². The van der Waals surface area contributed by atoms with Crippen LogP contribution in [0.5, 0.6) is 0 Å². The molecule has 34 heavy (non-hydrogen) atoms. The Morgan fingerprint density at radius 1 is 1.18 bits per heavy atom. The van der Waals surface area contributed by atoms with Gasteiger partial charge in [0.25, 0.3) is 11.6 Å². The van der Waals surface area contributed by atoms with Gasteiger partial charge in [-0.15, -0.1) is 0 Å². The number of rotatable bonds is 6. The molecule has 0 aliphatic carbocycles. The number of likely N-dealkylation sites (tertiary alicyclic amines) is 1. The van der Waals surface area contributed by atoms with E-state index in [9.17, 15) is 29.6 Å². The van der Waals surface area contributed by atoms with E-state index in [1.807, 2.05) is 30.3 Å². The Labute approximate surface area is 200 Å². The van der Waals surface area contributed by atoms with Crippen LogP contribution >= 0.6 is 11.6 Å². The standard InChI is InChI=1S/C23H23ClN4O6/c24-18-13-16(28(33)34)6-7-17(18)21(31)26-10-8-23(9-11-26)25-19(12-15-4-2-1-3-5-15)22(32)27(23)14-20(29)30/h1-7,13,19,25H,8-12,14H2,(H,29,30). The fraction of sp³-hybridized carbons (Fsp3) is 0.348. The van der Waals surface area contributed by atoms with Crippen LogP contribution in [0.3, 0.4) is 0 Å². The van der Waals surface area contributed by atoms with E-state index >= 15 is 0 Å². The minimum absolute atomic E-state index is 0.0101. The molecule has 2 fully saturated rings. The molecule has 0 radical (unpaired) electrons. The summed E-state index contributed by atoms with van der Waals surface area (Å²) < 4.78 is 0. The van der Waals surface area contributed by atoms with E-state index < -0.39 is 29.1 Å². The van der Waals surface area contributed by atoms with Crippen molar-refractivity contribution < 1.29 is 24.4 Å². The van der Waals surface area contributed by atoms with Crippen molar-refractivity contribution in [3.63, 3.8) is 0 Å². The van der Waals surface area contributed by atoms with Crippen LogP contribution in [-0.2, 0) is 16.0 Å². The number of piperidine rings is 1. The fourth-order valence-corrected chi connectivity index (χ4v) is 4.93. The summed E-state index contributed by atoms with van der Waals surface area (Å²) in [5.41, 5.74) is 0.0380. The molecule has 1 unspecified atom stereocenters. The summed E-state index contributed by atoms with van der Waals surface area (Å²) in [6.45, 7) is 0.0977. The molecule has 10 nitrogen and oxygen atoms in total. The van der Waals surface area contributed by atoms with Crippen molar-refractivity contribution in [1.29, 1.82) is 0 Å². The monoisotopic (exact) mass is 486 g/mol. The lowest BCUT2D eigenvalue weighted by atomic mass is 9.95. The maximum absolute atomic E-state index is 13.1. The Morgan fingerprint density at radius 3 is 2.44 bits per heavy atom. The number of aliphatic carboxylic acids is 1. The molecular formula is C23H23ClN4O6. The number of hydrogen-bond donors (Lipinski definition) is 2. The molecule has 2 saturated heterocycles. The first-order valence-electron chi connectivity index (χ1n) is 10.8. The van der Waals surface area contributed by atoms with E-state index in [4.69, 9.17) is 11.6 Å². The number of carbonyl (C=O) groups is 3. The van der Waals surface area contributed by atoms with E-state index in [1.54, 1.807) is 4.90 Å². The topological polar surface area (TPSA) is 133 Å². The summed E-state index contributed by atoms with van der Waals surface area (Å²) in [5, 5.41) is 23.7. The van der Waals surface area contributed by atoms with Crippen molar-refractivity contribution in [3.8, 4) is 0 Å². The van der Waals surface area contributed by atoms with E-state index in [2.05, 4.69) is 5.32 Å². The van der Waals surface area contributed by atoms with Gasteiger partial charge in [-0.1, -0.05) is 41.9 Å². The second kappa shape index (κ2) is 9.40. The molecule has 11 heteroatoms. The van der Waals surface area contributed by atoms with E-state index in [-0.39, 0.29) is 41.2 Å². The lowest BCUT2D eigenvalue weighted by molar-refractivity contribution is -0.384. The average molecular weight is 487 g/mol. The lowest BCUT2D eigenvalue weighted by Crippen LogP contribution is -2.60. The molecule has 2 aliphatic rings. The van der Waals surface area contributed by atoms with Gasteiger partial charge in [0.05, 0.1) is 27.2 Å². The van der Waals surface area contributed by atoms with Crippen molar-refractivity contribution in [2.24, 2.45) is 0 Å². The van der Waals surface area contributed by atoms with Crippen LogP contribution < -0.4 is 5.32 Å². The second-order valence-electron chi connectivity index (χ2n) is 8.45. The van der Waals surface area contributed by atoms with Gasteiger partial charge >= 0.3 is 5.97 Å². The van der Waals surface area contributed by atoms with Crippen molar-refractivity contribution in [2.45, 2.75) is 31.0 Å². The maximum Gasteiger partial charge on any atom is 0.323 e. The zero-order valence-corrected chi connectivity index (χ0v) is 18.9. The van der Waals surface area contributed by atoms with Crippen LogP contribution in [0.15, 0.2) is 48.5 Å². The predicted octanol–water partition coefficient (Wildman–Crippen LogP) is 2.31. The van der Waals surface area contributed by atoms with Crippen LogP contribution in [0, 0.1) is 10.1 Å². The van der Waals surface area contributed by atoms with E-state index in [0.717, 1.165) is 11.6 Å². The number of hydrogen-bond acceptors (Lipinski definition) is 6. The minimum Gasteiger partial charge on any atom is -0.480 e. The third kappa shape index (κ3) is 4.59. The molecule has 2 aliphatic heterocycles. The molecule has 2 heterocycles. The largest absolute Gasteiger partial charge is 0.480 e. The Bertz CT molecular complexity index is 1130. The van der Waals surface area contributed by atoms with Gasteiger partial charge in [-0.2, -0.15) is 0 Å². The number of halogens is 1. The number of nitrogens with one attached hydrogen (secondary N) is 1. The highest BCUT2D eigenvalue weighted by Crippen LogP contribution is 2.34. The number of carboxylic acids is 1. The molecule has 2 aromatic rings. The maximum atomic E-state index is 13.1. The number of nitro groups is 1. The average Bonchev–Trinajstić information content (AvgIpc) is 3.04. The highest BCUT2D eigenvalue weighted by molar-refractivity contribution is 6.34. The zero-order chi connectivity index (χ0) is 24.5. The van der Waals surface area contributed by atoms with Crippen LogP contribution in [-0.4, -0.2) is 69.0 Å². The summed E-state index contributed by atoms with van der Waals surface area (Å²) in [7, 11) is 0. The number of carbonyl (C=O) groups excluding carboxylic acids is 2. The lowest BCUT2D eigenvalue weighted by Gasteiger charge is -2.44. The van der Waals surface area contributed by atoms with Gasteiger partial charge in [-0.25, -0.2) is 0 Å². The first-order valence-corrected chi connectivity index (χ1v) is 11.2. The number of nitrogens with zero attached hydrogens (tertiary/aromatic N) is 3. The van der Waals surface area contributed by atoms with Gasteiger partial charge in [0.2, 0.25) is 5.91 Å². The number of carboxylic acid groups (broad SMARTS) is 1. The van der Waals surface area contributed by atoms with Gasteiger partial charge in [-0.3, -0.25) is 29.8 Å². The number of amides is 2. The molecule has 0 saturated carbocycles. The molecule has 1 spiro atoms. The Kier molecular flexibility index (Phi) is 6.54. The number of benzene rings is 2. The zero-order valence-electron chi connectivity index (χ0n) is 18.1. The normalized spacial score (nSPS) is 19.4. The van der Waals surface area contributed by atoms with E-state index in [0.29, 0.717) is 19.3 Å². The molecule has 0 bridgehead atoms. The molecule has 2 N–H and O–H groups in total. The summed E-state index contributed by atoms with van der Waals surface area (Å²) in [6, 6.07) is 12.6. The highest BCUT2D eigenvalue weighted by atomic mass is 35.5. The third-order valence-corrected chi connectivity index (χ3v) is 6.68. The summed E-state index contributed by atoms with van der Waals surface area (Å²) in [6.07, 6.45) is 1.11. The van der Waals surface area contributed by atoms with Crippen LogP contribution in [0.2, 0.25) is 5.02 Å². The van der Waals surface area contributed by atoms with Gasteiger partial charge in [-0.05, 0) is 18.1 Å². The van der Waals surface area contributed by atoms with Crippen LogP contribution in [0.1, 0.15) is 28.8 Å². The molecule has 1 atom stereocenters. The highest BCUT2D eigenvalue weighted by Gasteiger charge is 2.52. The molecule has 0 aromatic heterocycles. The second-order valence-corrected chi connectivity index (χ2v) is 8.86. The Morgan fingerprint density at radius 2 is 1.85 bits per heavy atom. The third-order valence-electron chi connectivity index (χ3n) is 6.37. The molecule has 2 aromatic carbocycles. The van der Waals surface area contributed by atoms with Gasteiger partial charge < -0.3 is 14.9 Å². The van der Waals surface area contributed by atoms with E-state index in [1.165, 1.54) is 17.0 Å². The van der Waals surface area contributed by atoms with Crippen LogP contribution in [0.25, 0.3) is 0 Å². The Balaban J connectivity index is 1.50. The Hall–Kier alpha value is -3.50. The molecule has 178 valence electrons. The predicted molar refractivity (Wildman–Crippen MR) is 122 cm³/mol. The summed E-state index contributed by atoms with van der Waals surface area (Å²) >= 11 is 6.12. The SMILES string of the molecule is O=C(O)CN1C(=O)C(Cc2ccccc2)NC12CCN(C(=O)c1ccc([N+](=O)[O-])cc1Cl)CC2. The van der Waals surface area contributed by atoms with Gasteiger partial charge in [0.1, 0.15) is 6.54 Å². The first-order chi connectivity index (χ1) is 16.2. The minimum atomic E-state index is -1.11. The van der Waals surface area contributed by atoms with Crippen molar-refractivity contribution in [2.75, 3.05) is 19.6 Å². The molecule has 2 amide bonds. The number of nitro benzene ring substituents is 1. The number of non-ortho nitro benzene ring substituents is 1. The van der Waals surface area contributed by atoms with Crippen LogP contribution in [0.4, 0.5) is 5.69 Å². The van der Waals surface area contributed by atoms with Crippen molar-refractivity contribution in [1.82, 2.24) is 15.1 Å². The van der Waals surface area contributed by atoms with Gasteiger partial charge in [0.15, 0.2) is 0 Å². The fourth-order valence-electron chi connectivity index (χ4n) is 4.67. The first kappa shape index (κ1) is 23.7.